The molecule has 3 aromatic rings. The summed E-state index contributed by atoms with van der Waals surface area (Å²) in [7, 11) is 4.23. The van der Waals surface area contributed by atoms with Gasteiger partial charge >= 0.3 is 0 Å². The molecule has 0 heterocycles. The fourth-order valence-corrected chi connectivity index (χ4v) is 7.98. The highest BCUT2D eigenvalue weighted by atomic mass is 16.3. The Morgan fingerprint density at radius 3 is 1.77 bits per heavy atom. The predicted octanol–water partition coefficient (Wildman–Crippen LogP) is 10.5. The van der Waals surface area contributed by atoms with Gasteiger partial charge in [-0.25, -0.2) is 0 Å². The number of allylic oxidation sites excluding steroid dienone is 10. The number of anilines is 3. The molecule has 0 aromatic heterocycles. The quantitative estimate of drug-likeness (QED) is 0.184. The van der Waals surface area contributed by atoms with Crippen molar-refractivity contribution in [1.29, 1.82) is 0 Å². The van der Waals surface area contributed by atoms with Crippen molar-refractivity contribution >= 4 is 17.1 Å². The van der Waals surface area contributed by atoms with E-state index in [0.29, 0.717) is 36.4 Å². The third-order valence-corrected chi connectivity index (χ3v) is 10.9. The normalized spacial score (nSPS) is 20.9. The molecule has 0 bridgehead atoms. The van der Waals surface area contributed by atoms with E-state index in [9.17, 15) is 10.2 Å². The van der Waals surface area contributed by atoms with Crippen LogP contribution in [0.15, 0.2) is 127 Å². The molecular formula is C47H58N4O2. The van der Waals surface area contributed by atoms with Gasteiger partial charge in [-0.05, 0) is 108 Å². The third kappa shape index (κ3) is 8.56. The van der Waals surface area contributed by atoms with Crippen LogP contribution in [0.3, 0.4) is 0 Å². The van der Waals surface area contributed by atoms with Gasteiger partial charge in [0.05, 0.1) is 16.9 Å². The molecule has 0 radical (unpaired) electrons. The molecule has 0 amide bonds. The molecule has 3 aliphatic rings. The van der Waals surface area contributed by atoms with Gasteiger partial charge in [-0.15, -0.1) is 0 Å². The Labute approximate surface area is 318 Å². The molecule has 278 valence electrons. The summed E-state index contributed by atoms with van der Waals surface area (Å²) >= 11 is 0. The number of nitrogens with zero attached hydrogens (tertiary/aromatic N) is 4. The molecular weight excluding hydrogens is 653 g/mol. The number of aryl methyl sites for hydroxylation is 2. The zero-order valence-electron chi connectivity index (χ0n) is 32.8. The summed E-state index contributed by atoms with van der Waals surface area (Å²) in [6.07, 6.45) is 24.6. The lowest BCUT2D eigenvalue weighted by Crippen LogP contribution is -2.46. The molecule has 6 nitrogen and oxygen atoms in total. The molecule has 3 aromatic carbocycles. The van der Waals surface area contributed by atoms with Crippen LogP contribution >= 0.6 is 0 Å². The Hall–Kier alpha value is -4.78. The fourth-order valence-electron chi connectivity index (χ4n) is 7.98. The van der Waals surface area contributed by atoms with E-state index in [0.717, 1.165) is 71.7 Å². The van der Waals surface area contributed by atoms with Crippen LogP contribution in [0.2, 0.25) is 0 Å². The minimum Gasteiger partial charge on any atom is -0.505 e. The molecule has 0 saturated carbocycles. The third-order valence-electron chi connectivity index (χ3n) is 10.9. The summed E-state index contributed by atoms with van der Waals surface area (Å²) in [5.41, 5.74) is 8.91. The summed E-state index contributed by atoms with van der Waals surface area (Å²) in [5, 5.41) is 23.8. The molecule has 0 aliphatic heterocycles. The summed E-state index contributed by atoms with van der Waals surface area (Å²) in [4.78, 5) is 9.15. The number of hydrogen-bond acceptors (Lipinski definition) is 6. The highest BCUT2D eigenvalue weighted by Gasteiger charge is 2.36. The SMILES string of the molecule is Cc1cc(CN(C)CCN(C)Cc2cc(C)cc(N(C3=CC=CCC3C)C3(C)C=CC=CC3)c2O)c(O)c(N(C2=CC=CCC2C)c2ccccc2)c1. The zero-order valence-corrected chi connectivity index (χ0v) is 32.8. The lowest BCUT2D eigenvalue weighted by Gasteiger charge is -2.45. The average molecular weight is 711 g/mol. The molecule has 6 rings (SSSR count). The van der Waals surface area contributed by atoms with Crippen molar-refractivity contribution in [3.05, 3.63) is 149 Å². The van der Waals surface area contributed by atoms with Crippen LogP contribution in [0.4, 0.5) is 17.1 Å². The van der Waals surface area contributed by atoms with Gasteiger partial charge in [-0.2, -0.15) is 0 Å². The van der Waals surface area contributed by atoms with E-state index < -0.39 is 0 Å². The number of aromatic hydroxyl groups is 2. The van der Waals surface area contributed by atoms with E-state index in [2.05, 4.69) is 178 Å². The van der Waals surface area contributed by atoms with Crippen LogP contribution < -0.4 is 9.80 Å². The maximum atomic E-state index is 12.0. The van der Waals surface area contributed by atoms with Crippen LogP contribution in [0.1, 0.15) is 62.3 Å². The number of benzene rings is 3. The number of likely N-dealkylation sites (N-methyl/N-ethyl adjacent to an activating group) is 2. The number of hydrogen-bond donors (Lipinski definition) is 2. The predicted molar refractivity (Wildman–Crippen MR) is 223 cm³/mol. The Balaban J connectivity index is 1.19. The summed E-state index contributed by atoms with van der Waals surface area (Å²) < 4.78 is 0. The van der Waals surface area contributed by atoms with Crippen LogP contribution in [0.5, 0.6) is 11.5 Å². The fraction of sp³-hybridized carbons (Fsp3) is 0.362. The van der Waals surface area contributed by atoms with Crippen LogP contribution in [0.25, 0.3) is 0 Å². The minimum absolute atomic E-state index is 0.292. The van der Waals surface area contributed by atoms with E-state index in [1.807, 2.05) is 6.07 Å². The smallest absolute Gasteiger partial charge is 0.144 e. The molecule has 53 heavy (non-hydrogen) atoms. The summed E-state index contributed by atoms with van der Waals surface area (Å²) in [6.45, 7) is 13.8. The van der Waals surface area contributed by atoms with Crippen molar-refractivity contribution in [2.75, 3.05) is 37.0 Å². The second kappa shape index (κ2) is 16.5. The monoisotopic (exact) mass is 710 g/mol. The second-order valence-electron chi connectivity index (χ2n) is 15.7. The van der Waals surface area contributed by atoms with E-state index in [4.69, 9.17) is 0 Å². The molecule has 0 saturated heterocycles. The molecule has 3 atom stereocenters. The van der Waals surface area contributed by atoms with Crippen molar-refractivity contribution in [1.82, 2.24) is 9.80 Å². The molecule has 3 aliphatic carbocycles. The van der Waals surface area contributed by atoms with E-state index in [-0.39, 0.29) is 5.54 Å². The lowest BCUT2D eigenvalue weighted by molar-refractivity contribution is 0.243. The first-order valence-electron chi connectivity index (χ1n) is 19.2. The zero-order chi connectivity index (χ0) is 37.7. The van der Waals surface area contributed by atoms with Crippen LogP contribution in [-0.2, 0) is 13.1 Å². The maximum absolute atomic E-state index is 12.0. The molecule has 0 spiro atoms. The largest absolute Gasteiger partial charge is 0.505 e. The van der Waals surface area contributed by atoms with Gasteiger partial charge in [0.15, 0.2) is 0 Å². The van der Waals surface area contributed by atoms with Crippen LogP contribution in [-0.4, -0.2) is 52.7 Å². The Morgan fingerprint density at radius 2 is 1.23 bits per heavy atom. The highest BCUT2D eigenvalue weighted by molar-refractivity contribution is 5.76. The Kier molecular flexibility index (Phi) is 11.8. The summed E-state index contributed by atoms with van der Waals surface area (Å²) in [6, 6.07) is 18.8. The first kappa shape index (κ1) is 38.0. The lowest BCUT2D eigenvalue weighted by atomic mass is 9.86. The Bertz CT molecular complexity index is 1950. The number of rotatable bonds is 13. The van der Waals surface area contributed by atoms with Gasteiger partial charge in [0, 0.05) is 60.3 Å². The maximum Gasteiger partial charge on any atom is 0.144 e. The Morgan fingerprint density at radius 1 is 0.679 bits per heavy atom. The van der Waals surface area contributed by atoms with Gasteiger partial charge in [0.25, 0.3) is 0 Å². The highest BCUT2D eigenvalue weighted by Crippen LogP contribution is 2.45. The first-order chi connectivity index (χ1) is 25.4. The standard InChI is InChI=1S/C47H58N4O2/c1-34-28-38(45(52)43(30-34)50(40-20-10-8-11-21-40)41-22-14-12-18-36(41)3)32-48(6)26-27-49(7)33-39-29-35(2)31-44(46(39)53)51(42-23-15-13-19-37(42)4)47(5)24-16-9-17-25-47/h8-17,20-24,28-31,36-37,52-53H,18-19,25-27,32-33H2,1-7H3. The van der Waals surface area contributed by atoms with Gasteiger partial charge in [-0.1, -0.05) is 92.8 Å². The van der Waals surface area contributed by atoms with Crippen LogP contribution in [0, 0.1) is 25.7 Å². The van der Waals surface area contributed by atoms with Crippen molar-refractivity contribution < 1.29 is 10.2 Å². The van der Waals surface area contributed by atoms with E-state index >= 15 is 0 Å². The minimum atomic E-state index is -0.292. The molecule has 6 heteroatoms. The van der Waals surface area contributed by atoms with E-state index in [1.54, 1.807) is 0 Å². The number of phenols is 2. The molecule has 2 N–H and O–H groups in total. The van der Waals surface area contributed by atoms with Gasteiger partial charge < -0.3 is 29.8 Å². The average Bonchev–Trinajstić information content (AvgIpc) is 3.13. The van der Waals surface area contributed by atoms with Crippen molar-refractivity contribution in [2.24, 2.45) is 11.8 Å². The van der Waals surface area contributed by atoms with Crippen molar-refractivity contribution in [2.45, 2.75) is 72.5 Å². The van der Waals surface area contributed by atoms with E-state index in [1.165, 1.54) is 11.4 Å². The van der Waals surface area contributed by atoms with Gasteiger partial charge in [0.2, 0.25) is 0 Å². The molecule has 3 unspecified atom stereocenters. The molecule has 0 fully saturated rings. The number of para-hydroxylation sites is 1. The summed E-state index contributed by atoms with van der Waals surface area (Å²) in [5.74, 6) is 1.33. The number of phenolic OH excluding ortho intramolecular Hbond substituents is 2. The van der Waals surface area contributed by atoms with Gasteiger partial charge in [0.1, 0.15) is 11.5 Å². The van der Waals surface area contributed by atoms with Crippen molar-refractivity contribution in [3.8, 4) is 11.5 Å². The second-order valence-corrected chi connectivity index (χ2v) is 15.7. The van der Waals surface area contributed by atoms with Crippen molar-refractivity contribution in [3.63, 3.8) is 0 Å². The van der Waals surface area contributed by atoms with Gasteiger partial charge in [-0.3, -0.25) is 0 Å². The first-order valence-corrected chi connectivity index (χ1v) is 19.2. The topological polar surface area (TPSA) is 53.4 Å².